The summed E-state index contributed by atoms with van der Waals surface area (Å²) in [5.74, 6) is -0.132. The van der Waals surface area contributed by atoms with Crippen LogP contribution in [0.4, 0.5) is 0 Å². The monoisotopic (exact) mass is 248 g/mol. The van der Waals surface area contributed by atoms with Crippen LogP contribution in [0.2, 0.25) is 5.15 Å². The van der Waals surface area contributed by atoms with Crippen LogP contribution >= 0.6 is 11.6 Å². The third kappa shape index (κ3) is 1.74. The summed E-state index contributed by atoms with van der Waals surface area (Å²) < 4.78 is 0. The van der Waals surface area contributed by atoms with E-state index in [-0.39, 0.29) is 33.7 Å². The Kier molecular flexibility index (Phi) is 2.26. The van der Waals surface area contributed by atoms with Crippen LogP contribution in [0.3, 0.4) is 0 Å². The van der Waals surface area contributed by atoms with Gasteiger partial charge in [0.15, 0.2) is 11.5 Å². The molecule has 4 nitrogen and oxygen atoms in total. The Morgan fingerprint density at radius 2 is 2.18 bits per heavy atom. The van der Waals surface area contributed by atoms with E-state index in [0.29, 0.717) is 5.52 Å². The second-order valence-corrected chi connectivity index (χ2v) is 4.55. The van der Waals surface area contributed by atoms with Crippen LogP contribution < -0.4 is 0 Å². The first kappa shape index (κ1) is 10.5. The van der Waals surface area contributed by atoms with E-state index in [9.17, 15) is 9.90 Å². The van der Waals surface area contributed by atoms with Gasteiger partial charge in [-0.2, -0.15) is 0 Å². The first-order valence-corrected chi connectivity index (χ1v) is 5.73. The van der Waals surface area contributed by atoms with Crippen LogP contribution in [-0.4, -0.2) is 20.9 Å². The van der Waals surface area contributed by atoms with Gasteiger partial charge in [0.25, 0.3) is 0 Å². The number of Topliss-reactive ketones (excluding diaryl/α,β-unsaturated/α-hetero) is 1. The van der Waals surface area contributed by atoms with Crippen molar-refractivity contribution in [2.45, 2.75) is 12.8 Å². The van der Waals surface area contributed by atoms with Gasteiger partial charge in [-0.25, -0.2) is 4.98 Å². The average molecular weight is 249 g/mol. The van der Waals surface area contributed by atoms with Gasteiger partial charge in [0.1, 0.15) is 10.7 Å². The lowest BCUT2D eigenvalue weighted by Gasteiger charge is -2.05. The zero-order valence-electron chi connectivity index (χ0n) is 8.85. The van der Waals surface area contributed by atoms with Crippen molar-refractivity contribution in [3.8, 4) is 5.75 Å². The molecule has 1 fully saturated rings. The van der Waals surface area contributed by atoms with Crippen LogP contribution in [0.1, 0.15) is 23.2 Å². The van der Waals surface area contributed by atoms with Crippen molar-refractivity contribution in [1.82, 2.24) is 9.97 Å². The molecule has 0 unspecified atom stereocenters. The summed E-state index contributed by atoms with van der Waals surface area (Å²) in [6.07, 6.45) is 3.19. The molecule has 2 aromatic heterocycles. The van der Waals surface area contributed by atoms with Gasteiger partial charge in [0, 0.05) is 12.1 Å². The number of carbonyl (C=O) groups is 1. The van der Waals surface area contributed by atoms with E-state index in [2.05, 4.69) is 9.97 Å². The summed E-state index contributed by atoms with van der Waals surface area (Å²) in [6, 6.07) is 3.26. The molecule has 0 aliphatic heterocycles. The van der Waals surface area contributed by atoms with Gasteiger partial charge in [-0.3, -0.25) is 9.78 Å². The fourth-order valence-corrected chi connectivity index (χ4v) is 1.92. The van der Waals surface area contributed by atoms with Crippen LogP contribution in [0.15, 0.2) is 18.3 Å². The van der Waals surface area contributed by atoms with Crippen molar-refractivity contribution >= 4 is 28.4 Å². The quantitative estimate of drug-likeness (QED) is 0.655. The standard InChI is InChI=1S/C12H9ClN2O2/c13-9-4-3-8-10(15-9)12(17)7(5-14-8)11(16)6-1-2-6/h3-6H,1-2H2,(H,14,17). The maximum atomic E-state index is 11.9. The molecule has 1 aliphatic carbocycles. The number of aromatic nitrogens is 2. The Morgan fingerprint density at radius 3 is 2.88 bits per heavy atom. The molecule has 5 heteroatoms. The van der Waals surface area contributed by atoms with Crippen molar-refractivity contribution in [3.63, 3.8) is 0 Å². The number of hydrogen-bond donors (Lipinski definition) is 1. The number of carbonyl (C=O) groups excluding carboxylic acids is 1. The first-order chi connectivity index (χ1) is 8.16. The lowest BCUT2D eigenvalue weighted by atomic mass is 10.1. The summed E-state index contributed by atoms with van der Waals surface area (Å²) in [6.45, 7) is 0. The minimum Gasteiger partial charge on any atom is -0.505 e. The Balaban J connectivity index is 2.20. The van der Waals surface area contributed by atoms with E-state index in [0.717, 1.165) is 12.8 Å². The highest BCUT2D eigenvalue weighted by Gasteiger charge is 2.32. The molecule has 1 N–H and O–H groups in total. The predicted molar refractivity (Wildman–Crippen MR) is 63.3 cm³/mol. The number of hydrogen-bond acceptors (Lipinski definition) is 4. The number of fused-ring (bicyclic) bond motifs is 1. The van der Waals surface area contributed by atoms with Gasteiger partial charge in [-0.15, -0.1) is 0 Å². The van der Waals surface area contributed by atoms with E-state index >= 15 is 0 Å². The molecule has 1 aliphatic rings. The minimum absolute atomic E-state index is 0.0411. The first-order valence-electron chi connectivity index (χ1n) is 5.35. The third-order valence-corrected chi connectivity index (χ3v) is 3.08. The lowest BCUT2D eigenvalue weighted by molar-refractivity contribution is 0.0965. The topological polar surface area (TPSA) is 63.1 Å². The van der Waals surface area contributed by atoms with Crippen molar-refractivity contribution in [2.75, 3.05) is 0 Å². The van der Waals surface area contributed by atoms with Crippen LogP contribution in [-0.2, 0) is 0 Å². The smallest absolute Gasteiger partial charge is 0.171 e. The van der Waals surface area contributed by atoms with E-state index < -0.39 is 0 Å². The van der Waals surface area contributed by atoms with Crippen LogP contribution in [0, 0.1) is 5.92 Å². The summed E-state index contributed by atoms with van der Waals surface area (Å²) >= 11 is 5.76. The van der Waals surface area contributed by atoms with Crippen molar-refractivity contribution < 1.29 is 9.90 Å². The highest BCUT2D eigenvalue weighted by molar-refractivity contribution is 6.29. The second-order valence-electron chi connectivity index (χ2n) is 4.16. The maximum Gasteiger partial charge on any atom is 0.171 e. The van der Waals surface area contributed by atoms with Gasteiger partial charge in [0.2, 0.25) is 0 Å². The molecule has 3 rings (SSSR count). The summed E-state index contributed by atoms with van der Waals surface area (Å²) in [5.41, 5.74) is 1.05. The normalized spacial score (nSPS) is 15.1. The molecule has 0 radical (unpaired) electrons. The van der Waals surface area contributed by atoms with Crippen molar-refractivity contribution in [1.29, 1.82) is 0 Å². The Labute approximate surface area is 102 Å². The molecule has 0 bridgehead atoms. The molecule has 0 atom stereocenters. The molecule has 1 saturated carbocycles. The van der Waals surface area contributed by atoms with Crippen molar-refractivity contribution in [3.05, 3.63) is 29.0 Å². The summed E-state index contributed by atoms with van der Waals surface area (Å²) in [7, 11) is 0. The molecular formula is C12H9ClN2O2. The van der Waals surface area contributed by atoms with E-state index in [4.69, 9.17) is 11.6 Å². The number of pyridine rings is 2. The number of aromatic hydroxyl groups is 1. The van der Waals surface area contributed by atoms with Gasteiger partial charge < -0.3 is 5.11 Å². The average Bonchev–Trinajstić information content (AvgIpc) is 3.13. The summed E-state index contributed by atoms with van der Waals surface area (Å²) in [4.78, 5) is 20.0. The highest BCUT2D eigenvalue weighted by Crippen LogP contribution is 2.36. The SMILES string of the molecule is O=C(c1cnc2ccc(Cl)nc2c1O)C1CC1. The van der Waals surface area contributed by atoms with Crippen LogP contribution in [0.25, 0.3) is 11.0 Å². The zero-order chi connectivity index (χ0) is 12.0. The fraction of sp³-hybridized carbons (Fsp3) is 0.250. The van der Waals surface area contributed by atoms with Crippen molar-refractivity contribution in [2.24, 2.45) is 5.92 Å². The van der Waals surface area contributed by atoms with Gasteiger partial charge in [-0.05, 0) is 25.0 Å². The molecule has 2 heterocycles. The molecule has 2 aromatic rings. The molecule has 0 amide bonds. The largest absolute Gasteiger partial charge is 0.505 e. The predicted octanol–water partition coefficient (Wildman–Crippen LogP) is 2.58. The third-order valence-electron chi connectivity index (χ3n) is 2.87. The van der Waals surface area contributed by atoms with E-state index in [1.807, 2.05) is 0 Å². The lowest BCUT2D eigenvalue weighted by Crippen LogP contribution is -2.03. The fourth-order valence-electron chi connectivity index (χ4n) is 1.77. The Hall–Kier alpha value is -1.68. The number of nitrogens with zero attached hydrogens (tertiary/aromatic N) is 2. The van der Waals surface area contributed by atoms with Gasteiger partial charge in [0.05, 0.1) is 11.1 Å². The zero-order valence-corrected chi connectivity index (χ0v) is 9.61. The van der Waals surface area contributed by atoms with E-state index in [1.165, 1.54) is 6.20 Å². The Morgan fingerprint density at radius 1 is 1.41 bits per heavy atom. The van der Waals surface area contributed by atoms with E-state index in [1.54, 1.807) is 12.1 Å². The molecule has 0 spiro atoms. The second kappa shape index (κ2) is 3.67. The Bertz CT molecular complexity index is 623. The number of rotatable bonds is 2. The summed E-state index contributed by atoms with van der Waals surface area (Å²) in [5, 5.41) is 10.3. The van der Waals surface area contributed by atoms with Gasteiger partial charge >= 0.3 is 0 Å². The molecule has 0 saturated heterocycles. The van der Waals surface area contributed by atoms with Crippen LogP contribution in [0.5, 0.6) is 5.75 Å². The highest BCUT2D eigenvalue weighted by atomic mass is 35.5. The molecule has 17 heavy (non-hydrogen) atoms. The molecule has 86 valence electrons. The van der Waals surface area contributed by atoms with Gasteiger partial charge in [-0.1, -0.05) is 11.6 Å². The number of ketones is 1. The minimum atomic E-state index is -0.116. The molecule has 0 aromatic carbocycles. The maximum absolute atomic E-state index is 11.9. The number of halogens is 1. The molecular weight excluding hydrogens is 240 g/mol.